The van der Waals surface area contributed by atoms with Gasteiger partial charge in [-0.05, 0) is 18.6 Å². The summed E-state index contributed by atoms with van der Waals surface area (Å²) in [7, 11) is 1.61. The number of nitrogens with zero attached hydrogens (tertiary/aromatic N) is 2. The van der Waals surface area contributed by atoms with Gasteiger partial charge in [-0.2, -0.15) is 0 Å². The maximum absolute atomic E-state index is 12.7. The standard InChI is InChI=1S/C19H23N3O3/c1-25-17-6-3-2-5-15(17)13-18(23)21-9-4-10-22(12-11-21)19(24)16-7-8-20-14-16/h2-3,5-8,14,20H,4,9-13H2,1H3. The summed E-state index contributed by atoms with van der Waals surface area (Å²) >= 11 is 0. The van der Waals surface area contributed by atoms with Crippen LogP contribution < -0.4 is 4.74 Å². The maximum atomic E-state index is 12.7. The fourth-order valence-electron chi connectivity index (χ4n) is 3.13. The molecule has 2 heterocycles. The molecule has 6 heteroatoms. The average Bonchev–Trinajstić information content (AvgIpc) is 3.06. The number of nitrogens with one attached hydrogen (secondary N) is 1. The number of amides is 2. The van der Waals surface area contributed by atoms with E-state index in [4.69, 9.17) is 4.74 Å². The summed E-state index contributed by atoms with van der Waals surface area (Å²) in [5, 5.41) is 0. The van der Waals surface area contributed by atoms with Gasteiger partial charge in [0.1, 0.15) is 5.75 Å². The third-order valence-electron chi connectivity index (χ3n) is 4.51. The van der Waals surface area contributed by atoms with E-state index in [1.165, 1.54) is 0 Å². The van der Waals surface area contributed by atoms with Gasteiger partial charge < -0.3 is 19.5 Å². The van der Waals surface area contributed by atoms with Gasteiger partial charge in [-0.15, -0.1) is 0 Å². The minimum Gasteiger partial charge on any atom is -0.496 e. The molecule has 0 spiro atoms. The fraction of sp³-hybridized carbons (Fsp3) is 0.368. The molecule has 132 valence electrons. The number of aromatic amines is 1. The monoisotopic (exact) mass is 341 g/mol. The Balaban J connectivity index is 1.61. The first kappa shape index (κ1) is 17.1. The predicted molar refractivity (Wildman–Crippen MR) is 94.6 cm³/mol. The van der Waals surface area contributed by atoms with Crippen molar-refractivity contribution < 1.29 is 14.3 Å². The number of rotatable bonds is 4. The number of hydrogen-bond acceptors (Lipinski definition) is 3. The van der Waals surface area contributed by atoms with Gasteiger partial charge in [-0.25, -0.2) is 0 Å². The van der Waals surface area contributed by atoms with Crippen molar-refractivity contribution in [1.29, 1.82) is 0 Å². The normalized spacial score (nSPS) is 14.9. The van der Waals surface area contributed by atoms with Crippen LogP contribution in [0.4, 0.5) is 0 Å². The molecule has 3 rings (SSSR count). The minimum absolute atomic E-state index is 0.0141. The van der Waals surface area contributed by atoms with Gasteiger partial charge >= 0.3 is 0 Å². The lowest BCUT2D eigenvalue weighted by Crippen LogP contribution is -2.37. The number of benzene rings is 1. The largest absolute Gasteiger partial charge is 0.496 e. The molecule has 2 amide bonds. The van der Waals surface area contributed by atoms with Gasteiger partial charge in [0, 0.05) is 44.1 Å². The van der Waals surface area contributed by atoms with E-state index in [0.29, 0.717) is 38.2 Å². The molecule has 0 unspecified atom stereocenters. The molecule has 1 fully saturated rings. The first-order valence-corrected chi connectivity index (χ1v) is 8.51. The maximum Gasteiger partial charge on any atom is 0.255 e. The lowest BCUT2D eigenvalue weighted by molar-refractivity contribution is -0.130. The van der Waals surface area contributed by atoms with Gasteiger partial charge in [0.25, 0.3) is 5.91 Å². The molecule has 0 aliphatic carbocycles. The van der Waals surface area contributed by atoms with Gasteiger partial charge in [0.2, 0.25) is 5.91 Å². The Morgan fingerprint density at radius 3 is 2.60 bits per heavy atom. The molecule has 1 N–H and O–H groups in total. The Labute approximate surface area is 147 Å². The molecule has 0 saturated carbocycles. The van der Waals surface area contributed by atoms with Crippen molar-refractivity contribution in [2.24, 2.45) is 0 Å². The Kier molecular flexibility index (Phi) is 5.38. The summed E-state index contributed by atoms with van der Waals surface area (Å²) in [6.07, 6.45) is 4.55. The van der Waals surface area contributed by atoms with E-state index in [2.05, 4.69) is 4.98 Å². The SMILES string of the molecule is COc1ccccc1CC(=O)N1CCCN(C(=O)c2cc[nH]c2)CC1. The summed E-state index contributed by atoms with van der Waals surface area (Å²) in [6, 6.07) is 9.35. The molecule has 1 aromatic carbocycles. The van der Waals surface area contributed by atoms with E-state index in [0.717, 1.165) is 17.7 Å². The van der Waals surface area contributed by atoms with Crippen molar-refractivity contribution in [2.75, 3.05) is 33.3 Å². The van der Waals surface area contributed by atoms with Crippen LogP contribution in [0.5, 0.6) is 5.75 Å². The second-order valence-electron chi connectivity index (χ2n) is 6.11. The number of H-pyrrole nitrogens is 1. The summed E-state index contributed by atoms with van der Waals surface area (Å²) in [6.45, 7) is 2.46. The molecule has 25 heavy (non-hydrogen) atoms. The average molecular weight is 341 g/mol. The van der Waals surface area contributed by atoms with Crippen LogP contribution in [0.2, 0.25) is 0 Å². The first-order valence-electron chi connectivity index (χ1n) is 8.51. The van der Waals surface area contributed by atoms with Gasteiger partial charge in [0.15, 0.2) is 0 Å². The van der Waals surface area contributed by atoms with Crippen LogP contribution in [0.3, 0.4) is 0 Å². The van der Waals surface area contributed by atoms with Crippen molar-refractivity contribution in [3.63, 3.8) is 0 Å². The molecule has 0 bridgehead atoms. The highest BCUT2D eigenvalue weighted by Crippen LogP contribution is 2.19. The third kappa shape index (κ3) is 4.02. The van der Waals surface area contributed by atoms with Crippen LogP contribution in [0.1, 0.15) is 22.3 Å². The molecule has 1 saturated heterocycles. The molecule has 0 atom stereocenters. The number of carbonyl (C=O) groups is 2. The van der Waals surface area contributed by atoms with E-state index in [9.17, 15) is 9.59 Å². The van der Waals surface area contributed by atoms with Crippen LogP contribution in [0, 0.1) is 0 Å². The molecular formula is C19H23N3O3. The van der Waals surface area contributed by atoms with E-state index in [1.54, 1.807) is 25.6 Å². The van der Waals surface area contributed by atoms with Crippen molar-refractivity contribution >= 4 is 11.8 Å². The Bertz CT molecular complexity index is 727. The van der Waals surface area contributed by atoms with Gasteiger partial charge in [-0.3, -0.25) is 9.59 Å². The van der Waals surface area contributed by atoms with Crippen molar-refractivity contribution in [3.8, 4) is 5.75 Å². The van der Waals surface area contributed by atoms with Crippen molar-refractivity contribution in [2.45, 2.75) is 12.8 Å². The number of carbonyl (C=O) groups excluding carboxylic acids is 2. The molecule has 2 aromatic rings. The summed E-state index contributed by atoms with van der Waals surface area (Å²) in [5.41, 5.74) is 1.55. The highest BCUT2D eigenvalue weighted by Gasteiger charge is 2.23. The second-order valence-corrected chi connectivity index (χ2v) is 6.11. The molecule has 1 aromatic heterocycles. The summed E-state index contributed by atoms with van der Waals surface area (Å²) < 4.78 is 5.32. The zero-order chi connectivity index (χ0) is 17.6. The van der Waals surface area contributed by atoms with Crippen LogP contribution in [-0.2, 0) is 11.2 Å². The lowest BCUT2D eigenvalue weighted by atomic mass is 10.1. The molecule has 1 aliphatic rings. The lowest BCUT2D eigenvalue weighted by Gasteiger charge is -2.22. The zero-order valence-electron chi connectivity index (χ0n) is 14.4. The zero-order valence-corrected chi connectivity index (χ0v) is 14.4. The second kappa shape index (κ2) is 7.88. The number of para-hydroxylation sites is 1. The number of aromatic nitrogens is 1. The van der Waals surface area contributed by atoms with E-state index >= 15 is 0 Å². The summed E-state index contributed by atoms with van der Waals surface area (Å²) in [4.78, 5) is 31.7. The van der Waals surface area contributed by atoms with Crippen LogP contribution in [0.25, 0.3) is 0 Å². The van der Waals surface area contributed by atoms with Crippen LogP contribution in [-0.4, -0.2) is 59.9 Å². The highest BCUT2D eigenvalue weighted by molar-refractivity contribution is 5.94. The van der Waals surface area contributed by atoms with Gasteiger partial charge in [0.05, 0.1) is 19.1 Å². The quantitative estimate of drug-likeness (QED) is 0.924. The predicted octanol–water partition coefficient (Wildman–Crippen LogP) is 1.94. The highest BCUT2D eigenvalue weighted by atomic mass is 16.5. The van der Waals surface area contributed by atoms with E-state index in [-0.39, 0.29) is 11.8 Å². The Morgan fingerprint density at radius 1 is 1.08 bits per heavy atom. The van der Waals surface area contributed by atoms with Crippen LogP contribution in [0.15, 0.2) is 42.7 Å². The Hall–Kier alpha value is -2.76. The topological polar surface area (TPSA) is 65.6 Å². The summed E-state index contributed by atoms with van der Waals surface area (Å²) in [5.74, 6) is 0.815. The minimum atomic E-state index is 0.0141. The molecular weight excluding hydrogens is 318 g/mol. The van der Waals surface area contributed by atoms with Crippen molar-refractivity contribution in [3.05, 3.63) is 53.9 Å². The van der Waals surface area contributed by atoms with E-state index < -0.39 is 0 Å². The fourth-order valence-corrected chi connectivity index (χ4v) is 3.13. The molecule has 1 aliphatic heterocycles. The number of ether oxygens (including phenoxy) is 1. The molecule has 6 nitrogen and oxygen atoms in total. The van der Waals surface area contributed by atoms with Crippen molar-refractivity contribution in [1.82, 2.24) is 14.8 Å². The Morgan fingerprint density at radius 2 is 1.84 bits per heavy atom. The van der Waals surface area contributed by atoms with Gasteiger partial charge in [-0.1, -0.05) is 18.2 Å². The number of methoxy groups -OCH3 is 1. The van der Waals surface area contributed by atoms with Crippen LogP contribution >= 0.6 is 0 Å². The number of hydrogen-bond donors (Lipinski definition) is 1. The first-order chi connectivity index (χ1) is 12.2. The van der Waals surface area contributed by atoms with E-state index in [1.807, 2.05) is 34.1 Å². The smallest absolute Gasteiger partial charge is 0.255 e. The molecule has 0 radical (unpaired) electrons. The third-order valence-corrected chi connectivity index (χ3v) is 4.51.